The van der Waals surface area contributed by atoms with Crippen molar-refractivity contribution in [2.24, 2.45) is 0 Å². The molecule has 2 aromatic carbocycles. The molecule has 0 atom stereocenters. The van der Waals surface area contributed by atoms with E-state index in [-0.39, 0.29) is 11.8 Å². The van der Waals surface area contributed by atoms with Gasteiger partial charge in [0.15, 0.2) is 0 Å². The minimum absolute atomic E-state index is 0.183. The molecule has 0 aliphatic heterocycles. The van der Waals surface area contributed by atoms with Crippen LogP contribution >= 0.6 is 15.9 Å². The lowest BCUT2D eigenvalue weighted by Gasteiger charge is -2.18. The van der Waals surface area contributed by atoms with Crippen LogP contribution in [-0.4, -0.2) is 45.7 Å². The summed E-state index contributed by atoms with van der Waals surface area (Å²) < 4.78 is 6.00. The Balaban J connectivity index is 2.14. The van der Waals surface area contributed by atoms with E-state index in [1.165, 1.54) is 0 Å². The number of amides is 2. The molecular formula is C21H26BrN3O3. The first-order valence-corrected chi connectivity index (χ1v) is 9.96. The maximum Gasteiger partial charge on any atom is 0.256 e. The van der Waals surface area contributed by atoms with E-state index in [0.29, 0.717) is 41.0 Å². The molecule has 0 spiro atoms. The SMILES string of the molecule is CCOCCCNC(=O)c1cc(NC(=O)c2ccccc2Br)ccc1N(C)C. The van der Waals surface area contributed by atoms with Crippen LogP contribution in [0.25, 0.3) is 0 Å². The Morgan fingerprint density at radius 1 is 1.07 bits per heavy atom. The number of rotatable bonds is 9. The van der Waals surface area contributed by atoms with Gasteiger partial charge in [0.2, 0.25) is 0 Å². The van der Waals surface area contributed by atoms with E-state index in [1.807, 2.05) is 44.1 Å². The fourth-order valence-corrected chi connectivity index (χ4v) is 3.11. The number of anilines is 2. The number of carbonyl (C=O) groups excluding carboxylic acids is 2. The van der Waals surface area contributed by atoms with Crippen molar-refractivity contribution >= 4 is 39.1 Å². The van der Waals surface area contributed by atoms with Gasteiger partial charge in [0, 0.05) is 49.7 Å². The largest absolute Gasteiger partial charge is 0.382 e. The van der Waals surface area contributed by atoms with Gasteiger partial charge in [-0.05, 0) is 59.6 Å². The van der Waals surface area contributed by atoms with Crippen LogP contribution in [-0.2, 0) is 4.74 Å². The number of hydrogen-bond donors (Lipinski definition) is 2. The molecular weight excluding hydrogens is 422 g/mol. The minimum atomic E-state index is -0.242. The predicted molar refractivity (Wildman–Crippen MR) is 116 cm³/mol. The van der Waals surface area contributed by atoms with Crippen molar-refractivity contribution < 1.29 is 14.3 Å². The van der Waals surface area contributed by atoms with E-state index in [2.05, 4.69) is 26.6 Å². The number of nitrogens with one attached hydrogen (secondary N) is 2. The first kappa shape index (κ1) is 21.9. The Hall–Kier alpha value is -2.38. The van der Waals surface area contributed by atoms with Crippen LogP contribution in [0, 0.1) is 0 Å². The molecule has 2 aromatic rings. The molecule has 0 aliphatic rings. The molecule has 2 N–H and O–H groups in total. The predicted octanol–water partition coefficient (Wildman–Crippen LogP) is 3.92. The summed E-state index contributed by atoms with van der Waals surface area (Å²) in [5.74, 6) is -0.426. The highest BCUT2D eigenvalue weighted by molar-refractivity contribution is 9.10. The van der Waals surface area contributed by atoms with E-state index < -0.39 is 0 Å². The van der Waals surface area contributed by atoms with Crippen LogP contribution in [0.5, 0.6) is 0 Å². The lowest BCUT2D eigenvalue weighted by molar-refractivity contribution is 0.0943. The number of benzene rings is 2. The van der Waals surface area contributed by atoms with Crippen LogP contribution in [0.3, 0.4) is 0 Å². The Morgan fingerprint density at radius 3 is 2.50 bits per heavy atom. The van der Waals surface area contributed by atoms with Crippen molar-refractivity contribution in [3.63, 3.8) is 0 Å². The molecule has 28 heavy (non-hydrogen) atoms. The zero-order chi connectivity index (χ0) is 20.5. The Labute approximate surface area is 174 Å². The number of ether oxygens (including phenoxy) is 1. The Morgan fingerprint density at radius 2 is 1.82 bits per heavy atom. The maximum absolute atomic E-state index is 12.7. The summed E-state index contributed by atoms with van der Waals surface area (Å²) in [6.07, 6.45) is 0.745. The third kappa shape index (κ3) is 6.07. The summed E-state index contributed by atoms with van der Waals surface area (Å²) in [6, 6.07) is 12.5. The lowest BCUT2D eigenvalue weighted by atomic mass is 10.1. The van der Waals surface area contributed by atoms with Crippen LogP contribution in [0.4, 0.5) is 11.4 Å². The normalized spacial score (nSPS) is 10.4. The molecule has 0 unspecified atom stereocenters. The van der Waals surface area contributed by atoms with Gasteiger partial charge >= 0.3 is 0 Å². The third-order valence-corrected chi connectivity index (χ3v) is 4.75. The zero-order valence-corrected chi connectivity index (χ0v) is 18.0. The molecule has 7 heteroatoms. The summed E-state index contributed by atoms with van der Waals surface area (Å²) in [7, 11) is 3.75. The molecule has 0 saturated heterocycles. The van der Waals surface area contributed by atoms with E-state index >= 15 is 0 Å². The average Bonchev–Trinajstić information content (AvgIpc) is 2.67. The molecule has 0 heterocycles. The van der Waals surface area contributed by atoms with Crippen molar-refractivity contribution in [1.29, 1.82) is 0 Å². The summed E-state index contributed by atoms with van der Waals surface area (Å²) in [5.41, 5.74) is 2.37. The molecule has 0 aromatic heterocycles. The van der Waals surface area contributed by atoms with Gasteiger partial charge in [0.25, 0.3) is 11.8 Å². The number of nitrogens with zero attached hydrogens (tertiary/aromatic N) is 1. The van der Waals surface area contributed by atoms with Crippen LogP contribution < -0.4 is 15.5 Å². The van der Waals surface area contributed by atoms with E-state index in [1.54, 1.807) is 24.3 Å². The first-order valence-electron chi connectivity index (χ1n) is 9.17. The summed E-state index contributed by atoms with van der Waals surface area (Å²) in [6.45, 7) is 3.74. The summed E-state index contributed by atoms with van der Waals surface area (Å²) in [4.78, 5) is 27.1. The average molecular weight is 448 g/mol. The first-order chi connectivity index (χ1) is 13.4. The van der Waals surface area contributed by atoms with Gasteiger partial charge in [-0.15, -0.1) is 0 Å². The second-order valence-corrected chi connectivity index (χ2v) is 7.22. The van der Waals surface area contributed by atoms with Gasteiger partial charge in [0.05, 0.1) is 11.1 Å². The summed E-state index contributed by atoms with van der Waals surface area (Å²) in [5, 5.41) is 5.77. The third-order valence-electron chi connectivity index (χ3n) is 4.05. The van der Waals surface area contributed by atoms with Gasteiger partial charge in [-0.1, -0.05) is 12.1 Å². The molecule has 0 bridgehead atoms. The van der Waals surface area contributed by atoms with Crippen molar-refractivity contribution in [2.45, 2.75) is 13.3 Å². The molecule has 0 saturated carbocycles. The van der Waals surface area contributed by atoms with Crippen molar-refractivity contribution in [3.05, 3.63) is 58.1 Å². The van der Waals surface area contributed by atoms with Crippen molar-refractivity contribution in [1.82, 2.24) is 5.32 Å². The van der Waals surface area contributed by atoms with Gasteiger partial charge in [-0.25, -0.2) is 0 Å². The van der Waals surface area contributed by atoms with Gasteiger partial charge in [-0.2, -0.15) is 0 Å². The van der Waals surface area contributed by atoms with E-state index in [9.17, 15) is 9.59 Å². The van der Waals surface area contributed by atoms with Crippen LogP contribution in [0.1, 0.15) is 34.1 Å². The highest BCUT2D eigenvalue weighted by Crippen LogP contribution is 2.24. The van der Waals surface area contributed by atoms with E-state index in [4.69, 9.17) is 4.74 Å². The molecule has 2 rings (SSSR count). The fourth-order valence-electron chi connectivity index (χ4n) is 2.65. The highest BCUT2D eigenvalue weighted by atomic mass is 79.9. The molecule has 2 amide bonds. The Kier molecular flexibility index (Phi) is 8.47. The fraction of sp³-hybridized carbons (Fsp3) is 0.333. The smallest absolute Gasteiger partial charge is 0.256 e. The second kappa shape index (κ2) is 10.8. The van der Waals surface area contributed by atoms with E-state index in [0.717, 1.165) is 12.1 Å². The van der Waals surface area contributed by atoms with Gasteiger partial charge < -0.3 is 20.3 Å². The summed E-state index contributed by atoms with van der Waals surface area (Å²) >= 11 is 3.38. The molecule has 0 fully saturated rings. The number of carbonyl (C=O) groups is 2. The standard InChI is InChI=1S/C21H26BrN3O3/c1-4-28-13-7-12-23-20(26)17-14-15(10-11-19(17)25(2)3)24-21(27)16-8-5-6-9-18(16)22/h5-6,8-11,14H,4,7,12-13H2,1-3H3,(H,23,26)(H,24,27). The topological polar surface area (TPSA) is 70.7 Å². The van der Waals surface area contributed by atoms with Crippen LogP contribution in [0.2, 0.25) is 0 Å². The van der Waals surface area contributed by atoms with Crippen LogP contribution in [0.15, 0.2) is 46.9 Å². The van der Waals surface area contributed by atoms with Gasteiger partial charge in [-0.3, -0.25) is 9.59 Å². The molecule has 6 nitrogen and oxygen atoms in total. The zero-order valence-electron chi connectivity index (χ0n) is 16.4. The van der Waals surface area contributed by atoms with Crippen molar-refractivity contribution in [2.75, 3.05) is 44.1 Å². The minimum Gasteiger partial charge on any atom is -0.382 e. The van der Waals surface area contributed by atoms with Crippen molar-refractivity contribution in [3.8, 4) is 0 Å². The quantitative estimate of drug-likeness (QED) is 0.571. The highest BCUT2D eigenvalue weighted by Gasteiger charge is 2.16. The lowest BCUT2D eigenvalue weighted by Crippen LogP contribution is -2.27. The maximum atomic E-state index is 12.7. The molecule has 0 radical (unpaired) electrons. The number of halogens is 1. The second-order valence-electron chi connectivity index (χ2n) is 6.37. The Bertz CT molecular complexity index is 824. The molecule has 0 aliphatic carbocycles. The monoisotopic (exact) mass is 447 g/mol. The number of hydrogen-bond acceptors (Lipinski definition) is 4. The molecule has 150 valence electrons. The van der Waals surface area contributed by atoms with Gasteiger partial charge in [0.1, 0.15) is 0 Å².